The number of hydrogen-bond acceptors (Lipinski definition) is 3. The van der Waals surface area contributed by atoms with Crippen LogP contribution in [0.2, 0.25) is 0 Å². The molecule has 0 saturated heterocycles. The van der Waals surface area contributed by atoms with Gasteiger partial charge in [-0.05, 0) is 31.2 Å². The topological polar surface area (TPSA) is 27.1 Å². The van der Waals surface area contributed by atoms with Crippen LogP contribution in [0, 0.1) is 12.7 Å². The summed E-state index contributed by atoms with van der Waals surface area (Å²) in [6.07, 6.45) is 0. The van der Waals surface area contributed by atoms with Gasteiger partial charge in [-0.3, -0.25) is 0 Å². The third-order valence-electron chi connectivity index (χ3n) is 4.00. The van der Waals surface area contributed by atoms with Gasteiger partial charge in [0.15, 0.2) is 0 Å². The average molecular weight is 326 g/mol. The van der Waals surface area contributed by atoms with E-state index in [1.54, 1.807) is 24.5 Å². The second-order valence-electron chi connectivity index (χ2n) is 5.45. The molecule has 0 amide bonds. The molecule has 0 radical (unpaired) electrons. The van der Waals surface area contributed by atoms with E-state index >= 15 is 0 Å². The summed E-state index contributed by atoms with van der Waals surface area (Å²) in [5.41, 5.74) is 2.67. The zero-order valence-corrected chi connectivity index (χ0v) is 13.7. The van der Waals surface area contributed by atoms with Crippen LogP contribution in [0.4, 0.5) is 4.39 Å². The van der Waals surface area contributed by atoms with Crippen molar-refractivity contribution < 1.29 is 9.13 Å². The van der Waals surface area contributed by atoms with Gasteiger partial charge in [0.1, 0.15) is 21.9 Å². The zero-order valence-electron chi connectivity index (χ0n) is 12.8. The Bertz CT molecular complexity index is 1020. The van der Waals surface area contributed by atoms with Crippen LogP contribution in [-0.4, -0.2) is 16.7 Å². The fourth-order valence-corrected chi connectivity index (χ4v) is 3.85. The molecular formula is C18H15FN2OS. The monoisotopic (exact) mass is 326 g/mol. The number of aryl methyl sites for hydroxylation is 1. The van der Waals surface area contributed by atoms with Crippen LogP contribution in [0.5, 0.6) is 5.75 Å². The van der Waals surface area contributed by atoms with E-state index in [2.05, 4.69) is 9.55 Å². The molecule has 0 aliphatic heterocycles. The zero-order chi connectivity index (χ0) is 16.0. The van der Waals surface area contributed by atoms with Gasteiger partial charge >= 0.3 is 0 Å². The second kappa shape index (κ2) is 5.35. The van der Waals surface area contributed by atoms with E-state index in [0.29, 0.717) is 12.1 Å². The molecule has 3 nitrogen and oxygen atoms in total. The number of hydrogen-bond donors (Lipinski definition) is 0. The molecule has 0 fully saturated rings. The van der Waals surface area contributed by atoms with Gasteiger partial charge in [0.05, 0.1) is 24.2 Å². The Morgan fingerprint density at radius 3 is 2.83 bits per heavy atom. The summed E-state index contributed by atoms with van der Waals surface area (Å²) in [7, 11) is 1.65. The normalized spacial score (nSPS) is 11.4. The SMILES string of the molecule is COc1ccc2c(c1)c1nc(C)sc1n2Cc1ccccc1F. The van der Waals surface area contributed by atoms with Crippen molar-refractivity contribution in [3.05, 3.63) is 58.9 Å². The Kier molecular flexibility index (Phi) is 3.31. The predicted molar refractivity (Wildman–Crippen MR) is 91.9 cm³/mol. The molecule has 2 heterocycles. The van der Waals surface area contributed by atoms with Gasteiger partial charge in [0.25, 0.3) is 0 Å². The molecule has 0 atom stereocenters. The lowest BCUT2D eigenvalue weighted by Crippen LogP contribution is -2.00. The Hall–Kier alpha value is -2.40. The van der Waals surface area contributed by atoms with Crippen LogP contribution in [0.3, 0.4) is 0 Å². The molecule has 116 valence electrons. The standard InChI is InChI=1S/C18H15FN2OS/c1-11-20-17-14-9-13(22-2)7-8-16(14)21(18(17)23-11)10-12-5-3-4-6-15(12)19/h3-9H,10H2,1-2H3. The lowest BCUT2D eigenvalue weighted by Gasteiger charge is -2.08. The Labute approximate surface area is 137 Å². The molecule has 0 aliphatic rings. The molecule has 4 aromatic rings. The minimum atomic E-state index is -0.183. The summed E-state index contributed by atoms with van der Waals surface area (Å²) in [5.74, 6) is 0.616. The Balaban J connectivity index is 1.98. The molecule has 2 aromatic heterocycles. The first-order valence-electron chi connectivity index (χ1n) is 7.34. The third-order valence-corrected chi connectivity index (χ3v) is 4.99. The van der Waals surface area contributed by atoms with Crippen LogP contribution < -0.4 is 4.74 Å². The van der Waals surface area contributed by atoms with Gasteiger partial charge in [-0.25, -0.2) is 9.37 Å². The quantitative estimate of drug-likeness (QED) is 0.543. The second-order valence-corrected chi connectivity index (χ2v) is 6.63. The van der Waals surface area contributed by atoms with E-state index in [0.717, 1.165) is 32.0 Å². The fraction of sp³-hybridized carbons (Fsp3) is 0.167. The number of benzene rings is 2. The summed E-state index contributed by atoms with van der Waals surface area (Å²) >= 11 is 1.63. The lowest BCUT2D eigenvalue weighted by atomic mass is 10.2. The van der Waals surface area contributed by atoms with Gasteiger partial charge in [0, 0.05) is 10.9 Å². The molecule has 0 N–H and O–H groups in total. The van der Waals surface area contributed by atoms with Crippen molar-refractivity contribution in [1.29, 1.82) is 0 Å². The molecule has 0 bridgehead atoms. The molecule has 2 aromatic carbocycles. The van der Waals surface area contributed by atoms with E-state index in [1.165, 1.54) is 6.07 Å². The van der Waals surface area contributed by atoms with E-state index < -0.39 is 0 Å². The van der Waals surface area contributed by atoms with Gasteiger partial charge in [0.2, 0.25) is 0 Å². The molecule has 0 aliphatic carbocycles. The molecule has 0 unspecified atom stereocenters. The van der Waals surface area contributed by atoms with Crippen LogP contribution in [0.25, 0.3) is 21.3 Å². The first-order chi connectivity index (χ1) is 11.2. The van der Waals surface area contributed by atoms with Gasteiger partial charge in [-0.2, -0.15) is 0 Å². The number of fused-ring (bicyclic) bond motifs is 3. The number of halogens is 1. The minimum Gasteiger partial charge on any atom is -0.497 e. The first kappa shape index (κ1) is 14.2. The van der Waals surface area contributed by atoms with Crippen molar-refractivity contribution in [2.75, 3.05) is 7.11 Å². The highest BCUT2D eigenvalue weighted by Crippen LogP contribution is 2.35. The molecule has 0 saturated carbocycles. The minimum absolute atomic E-state index is 0.183. The maximum Gasteiger partial charge on any atom is 0.128 e. The average Bonchev–Trinajstić information content (AvgIpc) is 3.06. The van der Waals surface area contributed by atoms with E-state index in [4.69, 9.17) is 4.74 Å². The van der Waals surface area contributed by atoms with Crippen molar-refractivity contribution in [3.8, 4) is 5.75 Å². The summed E-state index contributed by atoms with van der Waals surface area (Å²) in [6, 6.07) is 12.8. The number of nitrogens with zero attached hydrogens (tertiary/aromatic N) is 2. The maximum atomic E-state index is 14.1. The van der Waals surface area contributed by atoms with Crippen LogP contribution in [0.1, 0.15) is 10.6 Å². The number of ether oxygens (including phenoxy) is 1. The van der Waals surface area contributed by atoms with Gasteiger partial charge in [-0.15, -0.1) is 11.3 Å². The number of methoxy groups -OCH3 is 1. The highest BCUT2D eigenvalue weighted by molar-refractivity contribution is 7.18. The molecule has 4 rings (SSSR count). The smallest absolute Gasteiger partial charge is 0.128 e. The summed E-state index contributed by atoms with van der Waals surface area (Å²) in [6.45, 7) is 2.48. The Morgan fingerprint density at radius 1 is 1.22 bits per heavy atom. The maximum absolute atomic E-state index is 14.1. The highest BCUT2D eigenvalue weighted by atomic mass is 32.1. The molecular weight excluding hydrogens is 311 g/mol. The van der Waals surface area contributed by atoms with Crippen molar-refractivity contribution in [1.82, 2.24) is 9.55 Å². The van der Waals surface area contributed by atoms with Gasteiger partial charge < -0.3 is 9.30 Å². The summed E-state index contributed by atoms with van der Waals surface area (Å²) < 4.78 is 21.5. The van der Waals surface area contributed by atoms with Crippen molar-refractivity contribution in [2.45, 2.75) is 13.5 Å². The van der Waals surface area contributed by atoms with Crippen molar-refractivity contribution >= 4 is 32.6 Å². The van der Waals surface area contributed by atoms with Crippen LogP contribution in [0.15, 0.2) is 42.5 Å². The third kappa shape index (κ3) is 2.28. The van der Waals surface area contributed by atoms with E-state index in [1.807, 2.05) is 37.3 Å². The lowest BCUT2D eigenvalue weighted by molar-refractivity contribution is 0.415. The highest BCUT2D eigenvalue weighted by Gasteiger charge is 2.16. The molecule has 5 heteroatoms. The summed E-state index contributed by atoms with van der Waals surface area (Å²) in [4.78, 5) is 5.71. The predicted octanol–water partition coefficient (Wildman–Crippen LogP) is 4.76. The fourth-order valence-electron chi connectivity index (χ4n) is 2.91. The Morgan fingerprint density at radius 2 is 2.04 bits per heavy atom. The molecule has 23 heavy (non-hydrogen) atoms. The number of aromatic nitrogens is 2. The first-order valence-corrected chi connectivity index (χ1v) is 8.16. The van der Waals surface area contributed by atoms with E-state index in [9.17, 15) is 4.39 Å². The number of rotatable bonds is 3. The van der Waals surface area contributed by atoms with Crippen molar-refractivity contribution in [2.24, 2.45) is 0 Å². The van der Waals surface area contributed by atoms with E-state index in [-0.39, 0.29) is 5.82 Å². The largest absolute Gasteiger partial charge is 0.497 e. The number of thiazole rings is 1. The molecule has 0 spiro atoms. The summed E-state index contributed by atoms with van der Waals surface area (Å²) in [5, 5.41) is 2.04. The van der Waals surface area contributed by atoms with Crippen LogP contribution in [-0.2, 0) is 6.54 Å². The van der Waals surface area contributed by atoms with Gasteiger partial charge in [-0.1, -0.05) is 18.2 Å². The van der Waals surface area contributed by atoms with Crippen LogP contribution >= 0.6 is 11.3 Å². The van der Waals surface area contributed by atoms with Crippen molar-refractivity contribution in [3.63, 3.8) is 0 Å².